The van der Waals surface area contributed by atoms with Crippen LogP contribution >= 0.6 is 0 Å². The molecule has 80 heavy (non-hydrogen) atoms. The molecule has 0 spiro atoms. The molecule has 0 amide bonds. The fourth-order valence-corrected chi connectivity index (χ4v) is 10.3. The first kappa shape index (κ1) is 50.6. The molecule has 10 aromatic carbocycles. The minimum Gasteiger partial charge on any atom is -0.441 e. The molecule has 0 aliphatic carbocycles. The lowest BCUT2D eigenvalue weighted by molar-refractivity contribution is 0.428. The number of benzene rings is 10. The predicted octanol–water partition coefficient (Wildman–Crippen LogP) is 14.0. The van der Waals surface area contributed by atoms with Crippen molar-refractivity contribution >= 4 is 86.9 Å². The number of hydrogen-bond acceptors (Lipinski definition) is 12. The van der Waals surface area contributed by atoms with Crippen molar-refractivity contribution in [3.8, 4) is 46.5 Å². The Morgan fingerprint density at radius 2 is 0.675 bits per heavy atom. The molecular formula is C62H42N6O10S2. The molecular weight excluding hydrogens is 1050 g/mol. The van der Waals surface area contributed by atoms with Crippen molar-refractivity contribution in [2.75, 3.05) is 0 Å². The highest BCUT2D eigenvalue weighted by Gasteiger charge is 2.19. The number of ether oxygens (including phenoxy) is 4. The highest BCUT2D eigenvalue weighted by Crippen LogP contribution is 2.33. The zero-order valence-corrected chi connectivity index (χ0v) is 43.3. The van der Waals surface area contributed by atoms with Gasteiger partial charge in [0.1, 0.15) is 32.8 Å². The topological polar surface area (TPSA) is 228 Å². The number of H-pyrrole nitrogens is 2. The van der Waals surface area contributed by atoms with Gasteiger partial charge in [-0.1, -0.05) is 146 Å². The van der Waals surface area contributed by atoms with Crippen LogP contribution in [0.4, 0.5) is 11.4 Å². The van der Waals surface area contributed by atoms with Gasteiger partial charge in [0.2, 0.25) is 34.8 Å². The summed E-state index contributed by atoms with van der Waals surface area (Å²) < 4.78 is 98.1. The zero-order chi connectivity index (χ0) is 54.8. The van der Waals surface area contributed by atoms with Crippen molar-refractivity contribution < 1.29 is 44.9 Å². The Balaban J connectivity index is 0.870. The van der Waals surface area contributed by atoms with E-state index in [4.69, 9.17) is 18.9 Å². The molecule has 4 N–H and O–H groups in total. The van der Waals surface area contributed by atoms with Gasteiger partial charge in [0.25, 0.3) is 20.2 Å². The Morgan fingerprint density at radius 1 is 0.362 bits per heavy atom. The number of fused-ring (bicyclic) bond motifs is 4. The fourth-order valence-electron chi connectivity index (χ4n) is 8.92. The Kier molecular flexibility index (Phi) is 13.5. The van der Waals surface area contributed by atoms with Gasteiger partial charge in [-0.05, 0) is 127 Å². The average molecular weight is 1100 g/mol. The summed E-state index contributed by atoms with van der Waals surface area (Å²) in [7, 11) is -9.88. The maximum Gasteiger partial charge on any atom is 0.295 e. The third kappa shape index (κ3) is 11.7. The Bertz CT molecular complexity index is 4320. The Labute approximate surface area is 456 Å². The van der Waals surface area contributed by atoms with E-state index in [0.29, 0.717) is 23.0 Å². The third-order valence-electron chi connectivity index (χ3n) is 12.7. The first-order valence-corrected chi connectivity index (χ1v) is 27.5. The Hall–Kier alpha value is -10.2. The summed E-state index contributed by atoms with van der Waals surface area (Å²) >= 11 is 0. The summed E-state index contributed by atoms with van der Waals surface area (Å²) in [5, 5.41) is 7.83. The predicted molar refractivity (Wildman–Crippen MR) is 305 cm³/mol. The van der Waals surface area contributed by atoms with Gasteiger partial charge >= 0.3 is 0 Å². The van der Waals surface area contributed by atoms with Crippen molar-refractivity contribution in [2.45, 2.75) is 9.79 Å². The van der Waals surface area contributed by atoms with Gasteiger partial charge in [-0.2, -0.15) is 26.8 Å². The number of rotatable bonds is 14. The second kappa shape index (κ2) is 21.3. The standard InChI is InChI=1S/C62H42N6O10S2/c69-79(70,71)55-35-49(63-61-65-57(75-51-27-21-39-9-1-5-13-45(39)31-51)37-58(66-61)76-52-28-22-40-10-2-6-14-46(40)32-52)25-19-43(55)17-18-44-20-26-50(36-56(44)80(72,73)74)64-62-67-59(77-53-29-23-41-11-3-7-15-47(41)33-53)38-60(68-62)78-54-30-24-42-12-4-8-16-48(42)34-54/h1-38H,(H,63,65,66)(H,64,67,68)(H,69,70,71)(H,72,73,74)/b18-17+. The lowest BCUT2D eigenvalue weighted by Gasteiger charge is -2.10. The van der Waals surface area contributed by atoms with Gasteiger partial charge in [0, 0.05) is 0 Å². The van der Waals surface area contributed by atoms with E-state index in [0.717, 1.165) is 55.2 Å². The van der Waals surface area contributed by atoms with E-state index in [1.54, 1.807) is 24.3 Å². The largest absolute Gasteiger partial charge is 0.441 e. The first-order chi connectivity index (χ1) is 38.8. The van der Waals surface area contributed by atoms with Crippen molar-refractivity contribution in [1.82, 2.24) is 19.9 Å². The van der Waals surface area contributed by atoms with Gasteiger partial charge in [0.15, 0.2) is 0 Å². The molecule has 12 aromatic rings. The molecule has 0 aliphatic rings. The second-order valence-corrected chi connectivity index (χ2v) is 21.0. The summed E-state index contributed by atoms with van der Waals surface area (Å²) in [5.74, 6) is 2.55. The third-order valence-corrected chi connectivity index (χ3v) is 14.5. The fraction of sp³-hybridized carbons (Fsp3) is 0. The van der Waals surface area contributed by atoms with Crippen LogP contribution in [0.3, 0.4) is 0 Å². The zero-order valence-electron chi connectivity index (χ0n) is 41.7. The summed E-state index contributed by atoms with van der Waals surface area (Å²) in [4.78, 5) is 23.2. The molecule has 0 unspecified atom stereocenters. The smallest absolute Gasteiger partial charge is 0.295 e. The van der Waals surface area contributed by atoms with Crippen LogP contribution in [-0.4, -0.2) is 45.9 Å². The van der Waals surface area contributed by atoms with E-state index in [2.05, 4.69) is 29.9 Å². The van der Waals surface area contributed by atoms with E-state index in [1.807, 2.05) is 158 Å². The summed E-state index contributed by atoms with van der Waals surface area (Å²) in [5.41, 5.74) is -0.0901. The molecule has 2 aromatic heterocycles. The van der Waals surface area contributed by atoms with E-state index in [-0.39, 0.29) is 57.3 Å². The van der Waals surface area contributed by atoms with Gasteiger partial charge in [0.05, 0.1) is 23.5 Å². The molecule has 0 fully saturated rings. The minimum atomic E-state index is -4.94. The van der Waals surface area contributed by atoms with Crippen LogP contribution in [0, 0.1) is 0 Å². The van der Waals surface area contributed by atoms with Gasteiger partial charge in [-0.3, -0.25) is 19.1 Å². The van der Waals surface area contributed by atoms with E-state index < -0.39 is 30.0 Å². The number of aromatic amines is 2. The van der Waals surface area contributed by atoms with Gasteiger partial charge in [-0.25, -0.2) is 9.98 Å². The summed E-state index contributed by atoms with van der Waals surface area (Å²) in [6.45, 7) is 0. The molecule has 0 saturated carbocycles. The first-order valence-electron chi connectivity index (χ1n) is 24.7. The quantitative estimate of drug-likeness (QED) is 0.0589. The normalized spacial score (nSPS) is 12.4. The van der Waals surface area contributed by atoms with Crippen molar-refractivity contribution in [3.05, 3.63) is 241 Å². The van der Waals surface area contributed by atoms with E-state index >= 15 is 0 Å². The molecule has 0 radical (unpaired) electrons. The number of aromatic nitrogens is 4. The van der Waals surface area contributed by atoms with Crippen LogP contribution in [0.1, 0.15) is 11.1 Å². The average Bonchev–Trinajstić information content (AvgIpc) is 3.45. The molecule has 0 aliphatic heterocycles. The number of nitrogens with one attached hydrogen (secondary N) is 2. The van der Waals surface area contributed by atoms with E-state index in [9.17, 15) is 25.9 Å². The highest BCUT2D eigenvalue weighted by molar-refractivity contribution is 7.86. The molecule has 392 valence electrons. The van der Waals surface area contributed by atoms with Crippen LogP contribution < -0.4 is 30.2 Å². The molecule has 12 rings (SSSR count). The van der Waals surface area contributed by atoms with Crippen molar-refractivity contribution in [2.24, 2.45) is 9.98 Å². The van der Waals surface area contributed by atoms with Crippen LogP contribution in [-0.2, 0) is 20.2 Å². The number of nitrogens with zero attached hydrogens (tertiary/aromatic N) is 4. The molecule has 16 nitrogen and oxygen atoms in total. The van der Waals surface area contributed by atoms with Crippen LogP contribution in [0.25, 0.3) is 55.2 Å². The SMILES string of the molecule is O=S(=O)(O)c1cc(N=c2nc(Oc3ccc4ccccc4c3)cc(Oc3ccc4ccccc4c3)[nH]2)ccc1/C=C/c1ccc(N=c2nc(Oc3ccc4ccccc4c3)cc(Oc3ccc4ccccc4c3)[nH]2)cc1S(=O)(=O)O. The van der Waals surface area contributed by atoms with Crippen LogP contribution in [0.5, 0.6) is 46.5 Å². The molecule has 18 heteroatoms. The lowest BCUT2D eigenvalue weighted by Crippen LogP contribution is -2.14. The summed E-state index contributed by atoms with van der Waals surface area (Å²) in [6, 6.07) is 64.6. The van der Waals surface area contributed by atoms with Crippen molar-refractivity contribution in [1.29, 1.82) is 0 Å². The van der Waals surface area contributed by atoms with E-state index in [1.165, 1.54) is 36.4 Å². The lowest BCUT2D eigenvalue weighted by atomic mass is 10.1. The van der Waals surface area contributed by atoms with Crippen LogP contribution in [0.2, 0.25) is 0 Å². The molecule has 0 saturated heterocycles. The molecule has 0 bridgehead atoms. The second-order valence-electron chi connectivity index (χ2n) is 18.2. The summed E-state index contributed by atoms with van der Waals surface area (Å²) in [6.07, 6.45) is 2.54. The maximum absolute atomic E-state index is 13.0. The monoisotopic (exact) mass is 1090 g/mol. The Morgan fingerprint density at radius 3 is 1.00 bits per heavy atom. The molecule has 0 atom stereocenters. The van der Waals surface area contributed by atoms with Crippen molar-refractivity contribution in [3.63, 3.8) is 0 Å². The number of hydrogen-bond donors (Lipinski definition) is 4. The molecule has 2 heterocycles. The van der Waals surface area contributed by atoms with Gasteiger partial charge < -0.3 is 18.9 Å². The van der Waals surface area contributed by atoms with Gasteiger partial charge in [-0.15, -0.1) is 0 Å². The highest BCUT2D eigenvalue weighted by atomic mass is 32.2. The maximum atomic E-state index is 13.0. The minimum absolute atomic E-state index is 0.0439. The van der Waals surface area contributed by atoms with Crippen LogP contribution in [0.15, 0.2) is 238 Å².